The fourth-order valence-corrected chi connectivity index (χ4v) is 0. The average molecular weight is 506 g/mol. The summed E-state index contributed by atoms with van der Waals surface area (Å²) in [6.45, 7) is 0. The molecule has 0 rings (SSSR count). The molecule has 0 aromatic heterocycles. The van der Waals surface area contributed by atoms with Crippen molar-refractivity contribution in [3.05, 3.63) is 0 Å². The number of rotatable bonds is 0. The Morgan fingerprint density at radius 3 is 0.364 bits per heavy atom. The minimum Gasteiger partial charge on any atom is -2.00 e. The Hall–Kier alpha value is 6.32. The molecule has 0 saturated carbocycles. The Balaban J connectivity index is 0. The molecule has 0 amide bonds. The van der Waals surface area contributed by atoms with Gasteiger partial charge in [-0.2, -0.15) is 0 Å². The summed E-state index contributed by atoms with van der Waals surface area (Å²) in [6, 6.07) is 0. The van der Waals surface area contributed by atoms with Crippen molar-refractivity contribution in [2.75, 3.05) is 0 Å². The Morgan fingerprint density at radius 2 is 0.364 bits per heavy atom. The van der Waals surface area contributed by atoms with Crippen molar-refractivity contribution in [2.24, 2.45) is 0 Å². The average Bonchev–Trinajstić information content (AvgIpc) is 0. The van der Waals surface area contributed by atoms with Gasteiger partial charge in [0.1, 0.15) is 0 Å². The molecule has 11 heavy (non-hydrogen) atoms. The summed E-state index contributed by atoms with van der Waals surface area (Å²) in [5.41, 5.74) is 0. The second kappa shape index (κ2) is 96.0. The molecule has 0 aliphatic heterocycles. The van der Waals surface area contributed by atoms with Gasteiger partial charge in [-0.1, -0.05) is 0 Å². The van der Waals surface area contributed by atoms with Crippen LogP contribution >= 0.6 is 0 Å². The SMILES string of the molecule is [I-].[I-].[Li+].[Li+].[Li+].[Li+].[Li+].[S-2].[S-2].[S-2].[Sb+3]. The smallest absolute Gasteiger partial charge is 2.00 e. The number of hydrogen-bond acceptors (Lipinski definition) is 0. The van der Waals surface area contributed by atoms with E-state index in [0.29, 0.717) is 0 Å². The summed E-state index contributed by atoms with van der Waals surface area (Å²) in [5.74, 6) is 0. The van der Waals surface area contributed by atoms with E-state index in [4.69, 9.17) is 0 Å². The molecular weight excluding hydrogens is 506 g/mol. The zero-order valence-corrected chi connectivity index (χ0v) is 16.7. The maximum Gasteiger partial charge on any atom is 3.00 e. The summed E-state index contributed by atoms with van der Waals surface area (Å²) in [4.78, 5) is 0. The van der Waals surface area contributed by atoms with Crippen molar-refractivity contribution in [3.8, 4) is 0 Å². The van der Waals surface area contributed by atoms with E-state index in [1.54, 1.807) is 0 Å². The first-order valence-corrected chi connectivity index (χ1v) is 0. The second-order valence-electron chi connectivity index (χ2n) is 0. The minimum absolute atomic E-state index is 0. The van der Waals surface area contributed by atoms with Crippen molar-refractivity contribution in [1.82, 2.24) is 0 Å². The van der Waals surface area contributed by atoms with Crippen molar-refractivity contribution < 1.29 is 142 Å². The molecule has 0 spiro atoms. The molecule has 0 atom stereocenters. The summed E-state index contributed by atoms with van der Waals surface area (Å²) in [5, 5.41) is 0. The van der Waals surface area contributed by atoms with Crippen molar-refractivity contribution >= 4 is 64.9 Å². The zero-order valence-electron chi connectivity index (χ0n) is 7.43. The topological polar surface area (TPSA) is 0 Å². The molecular formula is I2Li5S3Sb. The summed E-state index contributed by atoms with van der Waals surface area (Å²) >= 11 is 0. The molecule has 0 aliphatic rings. The van der Waals surface area contributed by atoms with Crippen molar-refractivity contribution in [1.29, 1.82) is 0 Å². The molecule has 0 aromatic rings. The van der Waals surface area contributed by atoms with Crippen LogP contribution in [0.2, 0.25) is 0 Å². The predicted octanol–water partition coefficient (Wildman–Crippen LogP) is -21.4. The van der Waals surface area contributed by atoms with E-state index >= 15 is 0 Å². The third-order valence-electron chi connectivity index (χ3n) is 0. The Labute approximate surface area is 202 Å². The second-order valence-corrected chi connectivity index (χ2v) is 0. The van der Waals surface area contributed by atoms with Gasteiger partial charge in [-0.05, 0) is 0 Å². The molecule has 11 heteroatoms. The maximum atomic E-state index is 0. The molecule has 0 N–H and O–H groups in total. The van der Waals surface area contributed by atoms with Crippen molar-refractivity contribution in [3.63, 3.8) is 0 Å². The van der Waals surface area contributed by atoms with E-state index in [2.05, 4.69) is 0 Å². The fourth-order valence-electron chi connectivity index (χ4n) is 0. The van der Waals surface area contributed by atoms with E-state index in [0.717, 1.165) is 0 Å². The van der Waals surface area contributed by atoms with Crippen LogP contribution in [0.15, 0.2) is 0 Å². The molecule has 42 valence electrons. The number of halogens is 2. The minimum atomic E-state index is 0. The van der Waals surface area contributed by atoms with Gasteiger partial charge < -0.3 is 88.4 Å². The van der Waals surface area contributed by atoms with Gasteiger partial charge in [-0.3, -0.25) is 0 Å². The van der Waals surface area contributed by atoms with Crippen LogP contribution in [-0.2, 0) is 40.5 Å². The van der Waals surface area contributed by atoms with Gasteiger partial charge in [0, 0.05) is 0 Å². The first-order chi connectivity index (χ1) is 0. The summed E-state index contributed by atoms with van der Waals surface area (Å²) < 4.78 is 0. The molecule has 0 nitrogen and oxygen atoms in total. The monoisotopic (exact) mass is 506 g/mol. The molecule has 0 aliphatic carbocycles. The van der Waals surface area contributed by atoms with E-state index in [1.807, 2.05) is 0 Å². The van der Waals surface area contributed by atoms with Crippen LogP contribution in [0.1, 0.15) is 0 Å². The van der Waals surface area contributed by atoms with E-state index in [9.17, 15) is 0 Å². The summed E-state index contributed by atoms with van der Waals surface area (Å²) in [7, 11) is 0. The third-order valence-corrected chi connectivity index (χ3v) is 0. The maximum absolute atomic E-state index is 0. The third kappa shape index (κ3) is 83.8. The molecule has 0 heterocycles. The molecule has 0 aromatic carbocycles. The van der Waals surface area contributed by atoms with E-state index < -0.39 is 0 Å². The fraction of sp³-hybridized carbons (Fsp3) is 0. The van der Waals surface area contributed by atoms with Crippen LogP contribution in [0.3, 0.4) is 0 Å². The Morgan fingerprint density at radius 1 is 0.364 bits per heavy atom. The van der Waals surface area contributed by atoms with Gasteiger partial charge in [-0.25, -0.2) is 0 Å². The number of hydrogen-bond donors (Lipinski definition) is 0. The Kier molecular flexibility index (Phi) is 1010. The van der Waals surface area contributed by atoms with Gasteiger partial charge in [0.05, 0.1) is 0 Å². The standard InChI is InChI=1S/2HI.5Li.3S.Sb/h2*1H;;;;;;;;;/q;;5*+1;3*-2;+3/p-2. The van der Waals surface area contributed by atoms with Gasteiger partial charge in [0.25, 0.3) is 0 Å². The van der Waals surface area contributed by atoms with E-state index in [-0.39, 0.29) is 207 Å². The van der Waals surface area contributed by atoms with Crippen LogP contribution in [0.5, 0.6) is 0 Å². The van der Waals surface area contributed by atoms with Gasteiger partial charge >= 0.3 is 119 Å². The van der Waals surface area contributed by atoms with Gasteiger partial charge in [-0.15, -0.1) is 0 Å². The predicted molar refractivity (Wildman–Crippen MR) is 27.8 cm³/mol. The van der Waals surface area contributed by atoms with Crippen molar-refractivity contribution in [2.45, 2.75) is 0 Å². The summed E-state index contributed by atoms with van der Waals surface area (Å²) in [6.07, 6.45) is 0. The molecule has 0 fully saturated rings. The van der Waals surface area contributed by atoms with Crippen LogP contribution in [-0.4, -0.2) is 24.4 Å². The van der Waals surface area contributed by atoms with Crippen LogP contribution in [0.25, 0.3) is 0 Å². The largest absolute Gasteiger partial charge is 3.00 e. The van der Waals surface area contributed by atoms with Crippen LogP contribution in [0.4, 0.5) is 0 Å². The molecule has 2 radical (unpaired) electrons. The molecule has 0 unspecified atom stereocenters. The Bertz CT molecular complexity index is 19.7. The first kappa shape index (κ1) is 116. The van der Waals surface area contributed by atoms with Crippen LogP contribution in [0, 0.1) is 0 Å². The molecule has 0 bridgehead atoms. The zero-order chi connectivity index (χ0) is 0. The van der Waals surface area contributed by atoms with Gasteiger partial charge in [0.2, 0.25) is 0 Å². The quantitative estimate of drug-likeness (QED) is 0.226. The van der Waals surface area contributed by atoms with E-state index in [1.165, 1.54) is 0 Å². The normalized spacial score (nSPS) is 0. The van der Waals surface area contributed by atoms with Crippen LogP contribution < -0.4 is 142 Å². The first-order valence-electron chi connectivity index (χ1n) is 0. The molecule has 0 saturated heterocycles. The van der Waals surface area contributed by atoms with Gasteiger partial charge in [0.15, 0.2) is 0 Å².